The smallest absolute Gasteiger partial charge is 0.310 e. The van der Waals surface area contributed by atoms with Crippen LogP contribution in [-0.4, -0.2) is 17.1 Å². The number of ether oxygens (including phenoxy) is 1. The molecule has 0 aliphatic heterocycles. The molecule has 0 fully saturated rings. The molecule has 0 amide bonds. The summed E-state index contributed by atoms with van der Waals surface area (Å²) < 4.78 is 6.83. The largest absolute Gasteiger partial charge is 0.466 e. The minimum Gasteiger partial charge on any atom is -0.466 e. The van der Waals surface area contributed by atoms with Crippen LogP contribution >= 0.6 is 11.6 Å². The minimum atomic E-state index is -0.234. The van der Waals surface area contributed by atoms with Gasteiger partial charge in [-0.1, -0.05) is 17.7 Å². The maximum absolute atomic E-state index is 11.4. The van der Waals surface area contributed by atoms with E-state index < -0.39 is 0 Å². The molecule has 18 heavy (non-hydrogen) atoms. The van der Waals surface area contributed by atoms with E-state index in [1.165, 1.54) is 0 Å². The molecule has 0 aliphatic rings. The standard InChI is InChI=1S/C14H14ClNO2/c1-2-18-14(17)10-11-5-6-13(12(15)9-11)16-7-3-4-8-16/h3-9H,2,10H2,1H3. The Bertz CT molecular complexity index is 535. The highest BCUT2D eigenvalue weighted by Gasteiger charge is 2.07. The molecule has 4 heteroatoms. The number of rotatable bonds is 4. The molecular formula is C14H14ClNO2. The zero-order valence-corrected chi connectivity index (χ0v) is 10.9. The van der Waals surface area contributed by atoms with Crippen molar-refractivity contribution in [2.45, 2.75) is 13.3 Å². The van der Waals surface area contributed by atoms with E-state index in [0.717, 1.165) is 11.3 Å². The van der Waals surface area contributed by atoms with Crippen molar-refractivity contribution in [3.63, 3.8) is 0 Å². The lowest BCUT2D eigenvalue weighted by Gasteiger charge is -2.08. The average Bonchev–Trinajstić information content (AvgIpc) is 2.82. The average molecular weight is 264 g/mol. The summed E-state index contributed by atoms with van der Waals surface area (Å²) in [6.45, 7) is 2.19. The first-order chi connectivity index (χ1) is 8.70. The highest BCUT2D eigenvalue weighted by atomic mass is 35.5. The van der Waals surface area contributed by atoms with Crippen molar-refractivity contribution in [1.82, 2.24) is 4.57 Å². The zero-order valence-electron chi connectivity index (χ0n) is 10.1. The predicted octanol–water partition coefficient (Wildman–Crippen LogP) is 3.24. The molecule has 2 rings (SSSR count). The molecule has 0 aliphatic carbocycles. The Morgan fingerprint density at radius 3 is 2.67 bits per heavy atom. The molecule has 0 radical (unpaired) electrons. The molecule has 1 heterocycles. The van der Waals surface area contributed by atoms with Crippen molar-refractivity contribution < 1.29 is 9.53 Å². The molecule has 0 unspecified atom stereocenters. The number of aromatic nitrogens is 1. The summed E-state index contributed by atoms with van der Waals surface area (Å²) >= 11 is 6.21. The molecule has 0 saturated heterocycles. The molecule has 0 N–H and O–H groups in total. The molecule has 0 bridgehead atoms. The van der Waals surface area contributed by atoms with Crippen LogP contribution in [0.15, 0.2) is 42.7 Å². The SMILES string of the molecule is CCOC(=O)Cc1ccc(-n2cccc2)c(Cl)c1. The fraction of sp³-hybridized carbons (Fsp3) is 0.214. The van der Waals surface area contributed by atoms with Crippen LogP contribution in [0.3, 0.4) is 0 Å². The predicted molar refractivity (Wildman–Crippen MR) is 71.1 cm³/mol. The normalized spacial score (nSPS) is 10.3. The number of carbonyl (C=O) groups is 1. The van der Waals surface area contributed by atoms with Gasteiger partial charge in [-0.15, -0.1) is 0 Å². The monoisotopic (exact) mass is 263 g/mol. The van der Waals surface area contributed by atoms with Crippen LogP contribution in [0.2, 0.25) is 5.02 Å². The van der Waals surface area contributed by atoms with Crippen molar-refractivity contribution in [3.8, 4) is 5.69 Å². The van der Waals surface area contributed by atoms with E-state index in [1.54, 1.807) is 13.0 Å². The second-order valence-electron chi connectivity index (χ2n) is 3.86. The number of halogens is 1. The van der Waals surface area contributed by atoms with Gasteiger partial charge in [0, 0.05) is 12.4 Å². The van der Waals surface area contributed by atoms with Crippen LogP contribution in [-0.2, 0) is 16.0 Å². The summed E-state index contributed by atoms with van der Waals surface area (Å²) in [5.41, 5.74) is 1.75. The fourth-order valence-electron chi connectivity index (χ4n) is 1.74. The van der Waals surface area contributed by atoms with Crippen LogP contribution in [0.25, 0.3) is 5.69 Å². The van der Waals surface area contributed by atoms with Gasteiger partial charge >= 0.3 is 5.97 Å². The van der Waals surface area contributed by atoms with Gasteiger partial charge in [-0.2, -0.15) is 0 Å². The Balaban J connectivity index is 2.18. The highest BCUT2D eigenvalue weighted by Crippen LogP contribution is 2.22. The maximum Gasteiger partial charge on any atom is 0.310 e. The van der Waals surface area contributed by atoms with Crippen LogP contribution < -0.4 is 0 Å². The molecule has 3 nitrogen and oxygen atoms in total. The van der Waals surface area contributed by atoms with Crippen molar-refractivity contribution in [3.05, 3.63) is 53.3 Å². The Labute approximate surface area is 111 Å². The molecule has 94 valence electrons. The van der Waals surface area contributed by atoms with Gasteiger partial charge in [0.2, 0.25) is 0 Å². The first-order valence-corrected chi connectivity index (χ1v) is 6.16. The second-order valence-corrected chi connectivity index (χ2v) is 4.27. The summed E-state index contributed by atoms with van der Waals surface area (Å²) in [7, 11) is 0. The van der Waals surface area contributed by atoms with Crippen molar-refractivity contribution in [2.24, 2.45) is 0 Å². The number of benzene rings is 1. The van der Waals surface area contributed by atoms with Crippen LogP contribution in [0.4, 0.5) is 0 Å². The van der Waals surface area contributed by atoms with E-state index in [-0.39, 0.29) is 12.4 Å². The van der Waals surface area contributed by atoms with Crippen molar-refractivity contribution >= 4 is 17.6 Å². The zero-order chi connectivity index (χ0) is 13.0. The molecule has 0 spiro atoms. The van der Waals surface area contributed by atoms with Gasteiger partial charge in [0.05, 0.1) is 23.7 Å². The first-order valence-electron chi connectivity index (χ1n) is 5.78. The Morgan fingerprint density at radius 2 is 2.06 bits per heavy atom. The van der Waals surface area contributed by atoms with Gasteiger partial charge in [-0.3, -0.25) is 4.79 Å². The van der Waals surface area contributed by atoms with E-state index in [0.29, 0.717) is 11.6 Å². The highest BCUT2D eigenvalue weighted by molar-refractivity contribution is 6.32. The Morgan fingerprint density at radius 1 is 1.33 bits per heavy atom. The third kappa shape index (κ3) is 2.93. The minimum absolute atomic E-state index is 0.234. The summed E-state index contributed by atoms with van der Waals surface area (Å²) in [4.78, 5) is 11.4. The Kier molecular flexibility index (Phi) is 4.05. The number of nitrogens with zero attached hydrogens (tertiary/aromatic N) is 1. The van der Waals surface area contributed by atoms with Crippen LogP contribution in [0.5, 0.6) is 0 Å². The van der Waals surface area contributed by atoms with Crippen LogP contribution in [0, 0.1) is 0 Å². The molecular weight excluding hydrogens is 250 g/mol. The Hall–Kier alpha value is -1.74. The third-order valence-electron chi connectivity index (χ3n) is 2.55. The van der Waals surface area contributed by atoms with E-state index in [4.69, 9.17) is 16.3 Å². The third-order valence-corrected chi connectivity index (χ3v) is 2.85. The van der Waals surface area contributed by atoms with Gasteiger partial charge in [-0.25, -0.2) is 0 Å². The number of esters is 1. The van der Waals surface area contributed by atoms with Gasteiger partial charge in [0.1, 0.15) is 0 Å². The van der Waals surface area contributed by atoms with Crippen molar-refractivity contribution in [2.75, 3.05) is 6.61 Å². The topological polar surface area (TPSA) is 31.2 Å². The molecule has 1 aromatic carbocycles. The number of hydrogen-bond donors (Lipinski definition) is 0. The summed E-state index contributed by atoms with van der Waals surface area (Å²) in [5.74, 6) is -0.234. The van der Waals surface area contributed by atoms with E-state index in [2.05, 4.69) is 0 Å². The molecule has 2 aromatic rings. The number of carbonyl (C=O) groups excluding carboxylic acids is 1. The van der Waals surface area contributed by atoms with Gasteiger partial charge in [0.25, 0.3) is 0 Å². The van der Waals surface area contributed by atoms with Gasteiger partial charge in [-0.05, 0) is 36.8 Å². The van der Waals surface area contributed by atoms with E-state index >= 15 is 0 Å². The molecule has 0 saturated carbocycles. The van der Waals surface area contributed by atoms with Crippen LogP contribution in [0.1, 0.15) is 12.5 Å². The quantitative estimate of drug-likeness (QED) is 0.793. The molecule has 0 atom stereocenters. The summed E-state index contributed by atoms with van der Waals surface area (Å²) in [6, 6.07) is 9.45. The van der Waals surface area contributed by atoms with Gasteiger partial charge in [0.15, 0.2) is 0 Å². The maximum atomic E-state index is 11.4. The van der Waals surface area contributed by atoms with E-state index in [1.807, 2.05) is 41.2 Å². The lowest BCUT2D eigenvalue weighted by Crippen LogP contribution is -2.07. The molecule has 1 aromatic heterocycles. The lowest BCUT2D eigenvalue weighted by atomic mass is 10.1. The van der Waals surface area contributed by atoms with E-state index in [9.17, 15) is 4.79 Å². The second kappa shape index (κ2) is 5.74. The summed E-state index contributed by atoms with van der Waals surface area (Å²) in [5, 5.41) is 0.619. The summed E-state index contributed by atoms with van der Waals surface area (Å²) in [6.07, 6.45) is 4.10. The van der Waals surface area contributed by atoms with Gasteiger partial charge < -0.3 is 9.30 Å². The fourth-order valence-corrected chi connectivity index (χ4v) is 2.04. The first kappa shape index (κ1) is 12.7. The van der Waals surface area contributed by atoms with Crippen molar-refractivity contribution in [1.29, 1.82) is 0 Å². The lowest BCUT2D eigenvalue weighted by molar-refractivity contribution is -0.142. The number of hydrogen-bond acceptors (Lipinski definition) is 2.